The predicted octanol–water partition coefficient (Wildman–Crippen LogP) is -0.619. The third-order valence-corrected chi connectivity index (χ3v) is 1.15. The molecule has 1 heterocycles. The van der Waals surface area contributed by atoms with Crippen LogP contribution in [0.4, 0.5) is 0 Å². The summed E-state index contributed by atoms with van der Waals surface area (Å²) in [7, 11) is 2.85. The lowest BCUT2D eigenvalue weighted by molar-refractivity contribution is 0.260. The van der Waals surface area contributed by atoms with E-state index in [1.165, 1.54) is 14.2 Å². The third kappa shape index (κ3) is 1.79. The van der Waals surface area contributed by atoms with Crippen molar-refractivity contribution in [3.63, 3.8) is 0 Å². The highest BCUT2D eigenvalue weighted by molar-refractivity contribution is 5.04. The maximum atomic E-state index is 8.71. The smallest absolute Gasteiger partial charge is 0.322 e. The Morgan fingerprint density at radius 1 is 1.08 bits per heavy atom. The summed E-state index contributed by atoms with van der Waals surface area (Å²) in [5.74, 6) is 0.221. The van der Waals surface area contributed by atoms with E-state index in [4.69, 9.17) is 14.6 Å². The highest BCUT2D eigenvalue weighted by atomic mass is 16.5. The van der Waals surface area contributed by atoms with Gasteiger partial charge < -0.3 is 14.6 Å². The summed E-state index contributed by atoms with van der Waals surface area (Å²) in [6.45, 7) is -0.269. The van der Waals surface area contributed by atoms with E-state index < -0.39 is 0 Å². The SMILES string of the molecule is COc1nc(CO)nc(OC)n1. The average molecular weight is 171 g/mol. The van der Waals surface area contributed by atoms with Crippen LogP contribution in [-0.2, 0) is 6.61 Å². The van der Waals surface area contributed by atoms with Gasteiger partial charge >= 0.3 is 12.0 Å². The molecule has 0 amide bonds. The lowest BCUT2D eigenvalue weighted by Crippen LogP contribution is -2.03. The molecule has 1 aromatic heterocycles. The Balaban J connectivity index is 3.01. The number of hydrogen-bond acceptors (Lipinski definition) is 6. The Labute approximate surface area is 69.2 Å². The summed E-state index contributed by atoms with van der Waals surface area (Å²) in [4.78, 5) is 11.2. The topological polar surface area (TPSA) is 77.4 Å². The summed E-state index contributed by atoms with van der Waals surface area (Å²) in [6, 6.07) is 0.261. The van der Waals surface area contributed by atoms with Crippen LogP contribution in [0.1, 0.15) is 5.82 Å². The van der Waals surface area contributed by atoms with Crippen molar-refractivity contribution in [1.29, 1.82) is 0 Å². The quantitative estimate of drug-likeness (QED) is 0.653. The second-order valence-corrected chi connectivity index (χ2v) is 1.88. The Bertz CT molecular complexity index is 211. The van der Waals surface area contributed by atoms with Gasteiger partial charge in [-0.05, 0) is 0 Å². The molecule has 0 aromatic carbocycles. The zero-order valence-electron chi connectivity index (χ0n) is 6.81. The molecule has 0 aliphatic carbocycles. The van der Waals surface area contributed by atoms with Crippen LogP contribution >= 0.6 is 0 Å². The van der Waals surface area contributed by atoms with Gasteiger partial charge in [-0.1, -0.05) is 0 Å². The fourth-order valence-corrected chi connectivity index (χ4v) is 0.631. The van der Waals surface area contributed by atoms with Gasteiger partial charge in [0.25, 0.3) is 0 Å². The molecule has 0 saturated heterocycles. The van der Waals surface area contributed by atoms with E-state index >= 15 is 0 Å². The number of methoxy groups -OCH3 is 2. The molecule has 66 valence electrons. The first kappa shape index (κ1) is 8.66. The normalized spacial score (nSPS) is 9.58. The number of hydrogen-bond donors (Lipinski definition) is 1. The molecule has 0 unspecified atom stereocenters. The number of aliphatic hydroxyl groups is 1. The Morgan fingerprint density at radius 2 is 1.58 bits per heavy atom. The molecule has 0 radical (unpaired) electrons. The van der Waals surface area contributed by atoms with Gasteiger partial charge in [0.2, 0.25) is 0 Å². The lowest BCUT2D eigenvalue weighted by Gasteiger charge is -2.01. The highest BCUT2D eigenvalue weighted by Gasteiger charge is 2.04. The maximum Gasteiger partial charge on any atom is 0.322 e. The van der Waals surface area contributed by atoms with Crippen LogP contribution in [0, 0.1) is 0 Å². The molecule has 6 nitrogen and oxygen atoms in total. The summed E-state index contributed by atoms with van der Waals surface area (Å²) in [5, 5.41) is 8.71. The molecule has 6 heteroatoms. The first-order chi connectivity index (χ1) is 5.80. The largest absolute Gasteiger partial charge is 0.467 e. The standard InChI is InChI=1S/C6H9N3O3/c1-11-5-7-4(3-10)8-6(9-5)12-2/h10H,3H2,1-2H3. The van der Waals surface area contributed by atoms with Crippen LogP contribution in [0.25, 0.3) is 0 Å². The van der Waals surface area contributed by atoms with Crippen molar-refractivity contribution in [3.8, 4) is 12.0 Å². The van der Waals surface area contributed by atoms with Crippen molar-refractivity contribution in [1.82, 2.24) is 15.0 Å². The molecule has 1 rings (SSSR count). The van der Waals surface area contributed by atoms with Crippen LogP contribution in [-0.4, -0.2) is 34.3 Å². The molecular weight excluding hydrogens is 162 g/mol. The van der Waals surface area contributed by atoms with Gasteiger partial charge in [0, 0.05) is 0 Å². The van der Waals surface area contributed by atoms with E-state index in [-0.39, 0.29) is 24.5 Å². The minimum absolute atomic E-state index is 0.130. The van der Waals surface area contributed by atoms with Gasteiger partial charge in [-0.15, -0.1) is 4.98 Å². The molecule has 1 aromatic rings. The van der Waals surface area contributed by atoms with Crippen molar-refractivity contribution in [3.05, 3.63) is 5.82 Å². The van der Waals surface area contributed by atoms with Gasteiger partial charge in [0.1, 0.15) is 6.61 Å². The zero-order valence-corrected chi connectivity index (χ0v) is 6.81. The molecule has 0 spiro atoms. The van der Waals surface area contributed by atoms with Gasteiger partial charge in [-0.2, -0.15) is 9.97 Å². The van der Waals surface area contributed by atoms with Gasteiger partial charge in [0.15, 0.2) is 5.82 Å². The Morgan fingerprint density at radius 3 is 1.92 bits per heavy atom. The molecule has 0 saturated carbocycles. The van der Waals surface area contributed by atoms with E-state index in [9.17, 15) is 0 Å². The fraction of sp³-hybridized carbons (Fsp3) is 0.500. The maximum absolute atomic E-state index is 8.71. The average Bonchev–Trinajstić information content (AvgIpc) is 2.16. The first-order valence-corrected chi connectivity index (χ1v) is 3.24. The van der Waals surface area contributed by atoms with Crippen molar-refractivity contribution in [2.75, 3.05) is 14.2 Å². The molecule has 0 bridgehead atoms. The van der Waals surface area contributed by atoms with E-state index in [0.29, 0.717) is 0 Å². The minimum atomic E-state index is -0.269. The van der Waals surface area contributed by atoms with Gasteiger partial charge in [-0.3, -0.25) is 0 Å². The van der Waals surface area contributed by atoms with Crippen LogP contribution in [0.3, 0.4) is 0 Å². The van der Waals surface area contributed by atoms with Crippen molar-refractivity contribution < 1.29 is 14.6 Å². The molecule has 0 atom stereocenters. The van der Waals surface area contributed by atoms with Crippen LogP contribution in [0.5, 0.6) is 12.0 Å². The molecule has 12 heavy (non-hydrogen) atoms. The van der Waals surface area contributed by atoms with Gasteiger partial charge in [-0.25, -0.2) is 0 Å². The Hall–Kier alpha value is -1.43. The summed E-state index contributed by atoms with van der Waals surface area (Å²) in [5.41, 5.74) is 0. The van der Waals surface area contributed by atoms with E-state index in [1.54, 1.807) is 0 Å². The number of aromatic nitrogens is 3. The fourth-order valence-electron chi connectivity index (χ4n) is 0.631. The first-order valence-electron chi connectivity index (χ1n) is 3.24. The van der Waals surface area contributed by atoms with Crippen molar-refractivity contribution in [2.45, 2.75) is 6.61 Å². The van der Waals surface area contributed by atoms with Crippen LogP contribution < -0.4 is 9.47 Å². The summed E-state index contributed by atoms with van der Waals surface area (Å²) < 4.78 is 9.49. The van der Waals surface area contributed by atoms with Crippen molar-refractivity contribution >= 4 is 0 Å². The highest BCUT2D eigenvalue weighted by Crippen LogP contribution is 2.07. The number of nitrogens with zero attached hydrogens (tertiary/aromatic N) is 3. The Kier molecular flexibility index (Phi) is 2.76. The molecule has 0 aliphatic rings. The van der Waals surface area contributed by atoms with E-state index in [2.05, 4.69) is 15.0 Å². The molecular formula is C6H9N3O3. The van der Waals surface area contributed by atoms with Gasteiger partial charge in [0.05, 0.1) is 14.2 Å². The number of ether oxygens (including phenoxy) is 2. The number of rotatable bonds is 3. The van der Waals surface area contributed by atoms with Crippen LogP contribution in [0.15, 0.2) is 0 Å². The van der Waals surface area contributed by atoms with Crippen LogP contribution in [0.2, 0.25) is 0 Å². The second kappa shape index (κ2) is 3.82. The third-order valence-electron chi connectivity index (χ3n) is 1.15. The van der Waals surface area contributed by atoms with E-state index in [1.807, 2.05) is 0 Å². The second-order valence-electron chi connectivity index (χ2n) is 1.88. The lowest BCUT2D eigenvalue weighted by atomic mass is 10.6. The summed E-state index contributed by atoms with van der Waals surface area (Å²) in [6.07, 6.45) is 0. The van der Waals surface area contributed by atoms with Crippen molar-refractivity contribution in [2.24, 2.45) is 0 Å². The zero-order chi connectivity index (χ0) is 8.97. The summed E-state index contributed by atoms with van der Waals surface area (Å²) >= 11 is 0. The predicted molar refractivity (Wildman–Crippen MR) is 38.9 cm³/mol. The van der Waals surface area contributed by atoms with E-state index in [0.717, 1.165) is 0 Å². The number of aliphatic hydroxyl groups excluding tert-OH is 1. The molecule has 0 aliphatic heterocycles. The molecule has 1 N–H and O–H groups in total. The monoisotopic (exact) mass is 171 g/mol. The minimum Gasteiger partial charge on any atom is -0.467 e. The molecule has 0 fully saturated rings.